The van der Waals surface area contributed by atoms with Crippen LogP contribution in [0.15, 0.2) is 17.2 Å². The molecular formula is C13H15ClN4OS. The Morgan fingerprint density at radius 2 is 2.25 bits per heavy atom. The first kappa shape index (κ1) is 13.6. The molecule has 0 radical (unpaired) electrons. The van der Waals surface area contributed by atoms with Crippen molar-refractivity contribution in [2.45, 2.75) is 25.8 Å². The van der Waals surface area contributed by atoms with Gasteiger partial charge in [0.15, 0.2) is 0 Å². The number of nitrogens with zero attached hydrogens (tertiary/aromatic N) is 3. The van der Waals surface area contributed by atoms with Crippen LogP contribution in [0.5, 0.6) is 0 Å². The third-order valence-electron chi connectivity index (χ3n) is 3.39. The number of hydrogen-bond acceptors (Lipinski definition) is 5. The molecule has 3 rings (SSSR count). The number of nitrogens with one attached hydrogen (secondary N) is 1. The third kappa shape index (κ3) is 2.58. The van der Waals surface area contributed by atoms with Gasteiger partial charge in [0, 0.05) is 18.1 Å². The van der Waals surface area contributed by atoms with Crippen LogP contribution in [0.2, 0.25) is 5.02 Å². The van der Waals surface area contributed by atoms with Crippen molar-refractivity contribution in [3.8, 4) is 0 Å². The molecule has 2 aromatic heterocycles. The second kappa shape index (κ2) is 5.18. The second-order valence-corrected chi connectivity index (χ2v) is 6.71. The summed E-state index contributed by atoms with van der Waals surface area (Å²) in [6.07, 6.45) is 5.82. The van der Waals surface area contributed by atoms with E-state index in [1.165, 1.54) is 22.4 Å². The maximum Gasteiger partial charge on any atom is 0.287 e. The van der Waals surface area contributed by atoms with E-state index < -0.39 is 0 Å². The molecule has 0 bridgehead atoms. The Morgan fingerprint density at radius 3 is 2.85 bits per heavy atom. The topological polar surface area (TPSA) is 59.8 Å². The highest BCUT2D eigenvalue weighted by Gasteiger charge is 2.34. The molecule has 0 amide bonds. The quantitative estimate of drug-likeness (QED) is 0.943. The van der Waals surface area contributed by atoms with Gasteiger partial charge in [0.25, 0.3) is 5.56 Å². The molecule has 5 nitrogen and oxygen atoms in total. The minimum atomic E-state index is -0.290. The van der Waals surface area contributed by atoms with Crippen molar-refractivity contribution in [2.24, 2.45) is 13.0 Å². The number of aryl methyl sites for hydroxylation is 2. The standard InChI is InChI=1S/C13H15ClN4OS/c1-7-5-15-12(20-7)11(8-3-4-8)17-9-6-16-18(2)13(19)10(9)14/h5-6,8,11,17H,3-4H2,1-2H3/t11-/m0/s1. The molecule has 2 aromatic rings. The predicted octanol–water partition coefficient (Wildman–Crippen LogP) is 2.76. The Bertz CT molecular complexity index is 692. The summed E-state index contributed by atoms with van der Waals surface area (Å²) in [6.45, 7) is 2.04. The van der Waals surface area contributed by atoms with Gasteiger partial charge in [-0.3, -0.25) is 4.79 Å². The van der Waals surface area contributed by atoms with E-state index in [1.54, 1.807) is 24.6 Å². The van der Waals surface area contributed by atoms with Crippen molar-refractivity contribution in [2.75, 3.05) is 5.32 Å². The fraction of sp³-hybridized carbons (Fsp3) is 0.462. The Kier molecular flexibility index (Phi) is 3.52. The molecule has 0 spiro atoms. The fourth-order valence-electron chi connectivity index (χ4n) is 2.11. The van der Waals surface area contributed by atoms with Crippen LogP contribution in [-0.2, 0) is 7.05 Å². The minimum absolute atomic E-state index is 0.111. The highest BCUT2D eigenvalue weighted by atomic mass is 35.5. The Morgan fingerprint density at radius 1 is 1.50 bits per heavy atom. The summed E-state index contributed by atoms with van der Waals surface area (Å²) >= 11 is 7.78. The van der Waals surface area contributed by atoms with Crippen LogP contribution in [0.25, 0.3) is 0 Å². The summed E-state index contributed by atoms with van der Waals surface area (Å²) in [4.78, 5) is 17.4. The van der Waals surface area contributed by atoms with Gasteiger partial charge in [-0.1, -0.05) is 11.6 Å². The molecule has 0 unspecified atom stereocenters. The van der Waals surface area contributed by atoms with Crippen LogP contribution in [0.1, 0.15) is 28.8 Å². The molecule has 0 aromatic carbocycles. The normalized spacial score (nSPS) is 16.1. The van der Waals surface area contributed by atoms with E-state index in [0.717, 1.165) is 5.01 Å². The lowest BCUT2D eigenvalue weighted by Crippen LogP contribution is -2.22. The molecule has 1 N–H and O–H groups in total. The number of hydrogen-bond donors (Lipinski definition) is 1. The summed E-state index contributed by atoms with van der Waals surface area (Å²) in [6, 6.07) is 0.111. The van der Waals surface area contributed by atoms with Crippen LogP contribution in [-0.4, -0.2) is 14.8 Å². The van der Waals surface area contributed by atoms with Crippen molar-refractivity contribution in [1.82, 2.24) is 14.8 Å². The number of thiazole rings is 1. The summed E-state index contributed by atoms with van der Waals surface area (Å²) in [5.74, 6) is 0.556. The van der Waals surface area contributed by atoms with Crippen molar-refractivity contribution in [3.63, 3.8) is 0 Å². The minimum Gasteiger partial charge on any atom is -0.373 e. The molecule has 2 heterocycles. The van der Waals surface area contributed by atoms with Crippen LogP contribution in [0, 0.1) is 12.8 Å². The summed E-state index contributed by atoms with van der Waals surface area (Å²) < 4.78 is 1.23. The van der Waals surface area contributed by atoms with Gasteiger partial charge in [0.2, 0.25) is 0 Å². The molecule has 0 saturated heterocycles. The average molecular weight is 311 g/mol. The van der Waals surface area contributed by atoms with E-state index in [4.69, 9.17) is 11.6 Å². The van der Waals surface area contributed by atoms with E-state index in [0.29, 0.717) is 11.6 Å². The van der Waals surface area contributed by atoms with Gasteiger partial charge in [-0.15, -0.1) is 11.3 Å². The number of anilines is 1. The molecule has 7 heteroatoms. The van der Waals surface area contributed by atoms with Crippen LogP contribution < -0.4 is 10.9 Å². The van der Waals surface area contributed by atoms with E-state index in [-0.39, 0.29) is 16.6 Å². The van der Waals surface area contributed by atoms with Crippen molar-refractivity contribution < 1.29 is 0 Å². The summed E-state index contributed by atoms with van der Waals surface area (Å²) in [5.41, 5.74) is 0.293. The van der Waals surface area contributed by atoms with Crippen molar-refractivity contribution in [1.29, 1.82) is 0 Å². The maximum atomic E-state index is 11.8. The Labute approximate surface area is 125 Å². The largest absolute Gasteiger partial charge is 0.373 e. The molecule has 1 saturated carbocycles. The van der Waals surface area contributed by atoms with Gasteiger partial charge in [0.1, 0.15) is 10.0 Å². The van der Waals surface area contributed by atoms with Gasteiger partial charge in [-0.25, -0.2) is 9.67 Å². The molecule has 106 valence electrons. The van der Waals surface area contributed by atoms with Gasteiger partial charge >= 0.3 is 0 Å². The first-order chi connectivity index (χ1) is 9.56. The van der Waals surface area contributed by atoms with Crippen LogP contribution >= 0.6 is 22.9 Å². The van der Waals surface area contributed by atoms with Crippen LogP contribution in [0.3, 0.4) is 0 Å². The molecule has 1 fully saturated rings. The lowest BCUT2D eigenvalue weighted by molar-refractivity contribution is 0.665. The number of halogens is 1. The van der Waals surface area contributed by atoms with Crippen LogP contribution in [0.4, 0.5) is 5.69 Å². The van der Waals surface area contributed by atoms with Crippen molar-refractivity contribution >= 4 is 28.6 Å². The Hall–Kier alpha value is -1.40. The lowest BCUT2D eigenvalue weighted by Gasteiger charge is -2.17. The number of rotatable bonds is 4. The molecule has 1 atom stereocenters. The highest BCUT2D eigenvalue weighted by Crippen LogP contribution is 2.44. The SMILES string of the molecule is Cc1cnc([C@@H](Nc2cnn(C)c(=O)c2Cl)C2CC2)s1. The smallest absolute Gasteiger partial charge is 0.287 e. The highest BCUT2D eigenvalue weighted by molar-refractivity contribution is 7.11. The zero-order valence-corrected chi connectivity index (χ0v) is 12.8. The van der Waals surface area contributed by atoms with Gasteiger partial charge in [-0.05, 0) is 25.7 Å². The molecular weight excluding hydrogens is 296 g/mol. The molecule has 0 aliphatic heterocycles. The first-order valence-corrected chi connectivity index (χ1v) is 7.66. The van der Waals surface area contributed by atoms with Gasteiger partial charge in [0.05, 0.1) is 17.9 Å². The average Bonchev–Trinajstić information content (AvgIpc) is 3.17. The molecule has 1 aliphatic carbocycles. The van der Waals surface area contributed by atoms with E-state index in [2.05, 4.69) is 15.4 Å². The lowest BCUT2D eigenvalue weighted by atomic mass is 10.2. The van der Waals surface area contributed by atoms with E-state index in [1.807, 2.05) is 13.1 Å². The molecule has 20 heavy (non-hydrogen) atoms. The third-order valence-corrected chi connectivity index (χ3v) is 4.75. The van der Waals surface area contributed by atoms with Gasteiger partial charge < -0.3 is 5.32 Å². The van der Waals surface area contributed by atoms with E-state index in [9.17, 15) is 4.79 Å². The summed E-state index contributed by atoms with van der Waals surface area (Å²) in [5, 5.41) is 8.58. The second-order valence-electron chi connectivity index (χ2n) is 5.07. The summed E-state index contributed by atoms with van der Waals surface area (Å²) in [7, 11) is 1.58. The zero-order valence-electron chi connectivity index (χ0n) is 11.3. The molecule has 1 aliphatic rings. The fourth-order valence-corrected chi connectivity index (χ4v) is 3.25. The van der Waals surface area contributed by atoms with Crippen molar-refractivity contribution in [3.05, 3.63) is 37.7 Å². The first-order valence-electron chi connectivity index (χ1n) is 6.47. The van der Waals surface area contributed by atoms with Gasteiger partial charge in [-0.2, -0.15) is 5.10 Å². The Balaban J connectivity index is 1.91. The number of aromatic nitrogens is 3. The predicted molar refractivity (Wildman–Crippen MR) is 80.4 cm³/mol. The monoisotopic (exact) mass is 310 g/mol. The zero-order chi connectivity index (χ0) is 14.3. The maximum absolute atomic E-state index is 11.8. The van der Waals surface area contributed by atoms with E-state index >= 15 is 0 Å².